The zero-order valence-electron chi connectivity index (χ0n) is 25.4. The summed E-state index contributed by atoms with van der Waals surface area (Å²) < 4.78 is 10.5. The third-order valence-corrected chi connectivity index (χ3v) is 8.09. The molecule has 7 nitrogen and oxygen atoms in total. The summed E-state index contributed by atoms with van der Waals surface area (Å²) in [6.45, 7) is 11.8. The molecule has 0 fully saturated rings. The van der Waals surface area contributed by atoms with Gasteiger partial charge in [-0.05, 0) is 72.7 Å². The molecule has 1 heterocycles. The number of carbonyl (C=O) groups excluding carboxylic acids is 1. The lowest BCUT2D eigenvalue weighted by molar-refractivity contribution is -0.109. The van der Waals surface area contributed by atoms with E-state index in [1.165, 1.54) is 6.42 Å². The standard InChI is InChI=1S/C26H27N5O2S2.C5H12.C2H6/c27-25(28)19-7-4-6-18(14-19)15-23(31-35-21-8-2-1-3-9-21)26-30-22-11-10-20(16-24(22)34-26)33-13-5-12-29-17-32;1-4-5(2)3;1-2/h1-4,6-11,14,16-17,23,31H,5,12-13,15H2,(H3,27,28)(H,29,32);5H,4H2,1-3H3;1-2H3. The molecule has 3 aromatic carbocycles. The van der Waals surface area contributed by atoms with E-state index in [0.29, 0.717) is 31.5 Å². The second-order valence-electron chi connectivity index (χ2n) is 9.66. The quantitative estimate of drug-likeness (QED) is 0.0383. The maximum atomic E-state index is 10.4. The van der Waals surface area contributed by atoms with E-state index in [0.717, 1.165) is 43.8 Å². The Morgan fingerprint density at radius 1 is 1.10 bits per heavy atom. The lowest BCUT2D eigenvalue weighted by atomic mass is 10.0. The molecule has 4 rings (SSSR count). The van der Waals surface area contributed by atoms with Gasteiger partial charge < -0.3 is 15.8 Å². The van der Waals surface area contributed by atoms with Crippen LogP contribution in [-0.2, 0) is 11.2 Å². The lowest BCUT2D eigenvalue weighted by Crippen LogP contribution is -2.17. The summed E-state index contributed by atoms with van der Waals surface area (Å²) >= 11 is 3.22. The molecular weight excluding hydrogens is 563 g/mol. The third-order valence-electron chi connectivity index (χ3n) is 6.05. The Morgan fingerprint density at radius 2 is 1.83 bits per heavy atom. The number of rotatable bonds is 14. The molecule has 0 aliphatic rings. The van der Waals surface area contributed by atoms with Crippen molar-refractivity contribution in [2.45, 2.75) is 64.8 Å². The average Bonchev–Trinajstić information content (AvgIpc) is 3.44. The second-order valence-corrected chi connectivity index (χ2v) is 11.6. The molecule has 1 amide bonds. The fourth-order valence-electron chi connectivity index (χ4n) is 3.49. The minimum Gasteiger partial charge on any atom is -0.493 e. The van der Waals surface area contributed by atoms with Gasteiger partial charge in [-0.15, -0.1) is 11.3 Å². The average molecular weight is 608 g/mol. The molecular formula is C33H45N5O2S2. The normalized spacial score (nSPS) is 11.1. The Bertz CT molecular complexity index is 1340. The number of fused-ring (bicyclic) bond motifs is 1. The number of hydrogen-bond donors (Lipinski definition) is 4. The minimum atomic E-state index is -0.0430. The molecule has 5 N–H and O–H groups in total. The Labute approximate surface area is 259 Å². The zero-order chi connectivity index (χ0) is 30.7. The number of nitrogens with zero attached hydrogens (tertiary/aromatic N) is 1. The predicted molar refractivity (Wildman–Crippen MR) is 180 cm³/mol. The van der Waals surface area contributed by atoms with Crippen molar-refractivity contribution in [3.05, 3.63) is 88.9 Å². The van der Waals surface area contributed by atoms with Gasteiger partial charge in [0, 0.05) is 17.0 Å². The summed E-state index contributed by atoms with van der Waals surface area (Å²) in [5.41, 5.74) is 8.42. The number of amidine groups is 1. The van der Waals surface area contributed by atoms with Crippen LogP contribution in [0.4, 0.5) is 0 Å². The highest BCUT2D eigenvalue weighted by Gasteiger charge is 2.18. The van der Waals surface area contributed by atoms with Gasteiger partial charge in [0.05, 0.1) is 22.9 Å². The number of benzene rings is 3. The number of nitrogen functional groups attached to an aromatic ring is 1. The summed E-state index contributed by atoms with van der Waals surface area (Å²) in [4.78, 5) is 16.4. The van der Waals surface area contributed by atoms with Crippen molar-refractivity contribution in [3.63, 3.8) is 0 Å². The highest BCUT2D eigenvalue weighted by atomic mass is 32.2. The minimum absolute atomic E-state index is 0.0430. The van der Waals surface area contributed by atoms with E-state index in [1.807, 2.05) is 74.5 Å². The number of ether oxygens (including phenoxy) is 1. The van der Waals surface area contributed by atoms with Gasteiger partial charge in [-0.25, -0.2) is 9.71 Å². The summed E-state index contributed by atoms with van der Waals surface area (Å²) in [6.07, 6.45) is 3.45. The lowest BCUT2D eigenvalue weighted by Gasteiger charge is -2.16. The predicted octanol–water partition coefficient (Wildman–Crippen LogP) is 7.75. The van der Waals surface area contributed by atoms with Gasteiger partial charge in [0.15, 0.2) is 0 Å². The number of hydrogen-bond acceptors (Lipinski definition) is 7. The van der Waals surface area contributed by atoms with E-state index in [1.54, 1.807) is 23.3 Å². The van der Waals surface area contributed by atoms with Crippen LogP contribution in [0.25, 0.3) is 10.2 Å². The number of carbonyl (C=O) groups is 1. The molecule has 0 spiro atoms. The van der Waals surface area contributed by atoms with Gasteiger partial charge in [0.2, 0.25) is 6.41 Å². The van der Waals surface area contributed by atoms with Crippen molar-refractivity contribution in [1.82, 2.24) is 15.0 Å². The van der Waals surface area contributed by atoms with E-state index in [2.05, 4.69) is 42.9 Å². The Morgan fingerprint density at radius 3 is 2.50 bits per heavy atom. The molecule has 42 heavy (non-hydrogen) atoms. The van der Waals surface area contributed by atoms with Crippen molar-refractivity contribution in [2.24, 2.45) is 11.7 Å². The number of aromatic nitrogens is 1. The van der Waals surface area contributed by atoms with Gasteiger partial charge in [0.1, 0.15) is 16.6 Å². The van der Waals surface area contributed by atoms with E-state index in [9.17, 15) is 4.79 Å². The summed E-state index contributed by atoms with van der Waals surface area (Å²) in [5, 5.41) is 11.4. The van der Waals surface area contributed by atoms with Crippen molar-refractivity contribution in [1.29, 1.82) is 5.41 Å². The molecule has 1 atom stereocenters. The van der Waals surface area contributed by atoms with Crippen LogP contribution in [0.2, 0.25) is 0 Å². The van der Waals surface area contributed by atoms with Crippen LogP contribution in [0, 0.1) is 11.3 Å². The van der Waals surface area contributed by atoms with E-state index < -0.39 is 0 Å². The fourth-order valence-corrected chi connectivity index (χ4v) is 5.38. The Balaban J connectivity index is 0.000000797. The van der Waals surface area contributed by atoms with Crippen molar-refractivity contribution < 1.29 is 9.53 Å². The number of nitrogens with one attached hydrogen (secondary N) is 3. The van der Waals surface area contributed by atoms with Crippen LogP contribution in [-0.4, -0.2) is 30.4 Å². The zero-order valence-corrected chi connectivity index (χ0v) is 27.0. The van der Waals surface area contributed by atoms with Gasteiger partial charge in [-0.3, -0.25) is 10.2 Å². The van der Waals surface area contributed by atoms with Gasteiger partial charge in [0.25, 0.3) is 0 Å². The molecule has 0 saturated carbocycles. The Hall–Kier alpha value is -3.40. The summed E-state index contributed by atoms with van der Waals surface area (Å²) in [5.74, 6) is 1.73. The van der Waals surface area contributed by atoms with Crippen LogP contribution in [0.15, 0.2) is 77.7 Å². The monoisotopic (exact) mass is 607 g/mol. The first-order chi connectivity index (χ1) is 20.4. The van der Waals surface area contributed by atoms with Gasteiger partial charge >= 0.3 is 0 Å². The second kappa shape index (κ2) is 19.7. The van der Waals surface area contributed by atoms with Crippen LogP contribution in [0.1, 0.15) is 69.6 Å². The van der Waals surface area contributed by atoms with Crippen LogP contribution < -0.4 is 20.5 Å². The molecule has 1 unspecified atom stereocenters. The smallest absolute Gasteiger partial charge is 0.207 e. The highest BCUT2D eigenvalue weighted by molar-refractivity contribution is 7.97. The SMILES string of the molecule is CC.CCC(C)C.N=C(N)c1cccc(CC(NSc2ccccc2)c2nc3ccc(OCCCNC=O)cc3s2)c1. The van der Waals surface area contributed by atoms with Crippen LogP contribution in [0.5, 0.6) is 5.75 Å². The first kappa shape index (κ1) is 34.8. The number of amides is 1. The highest BCUT2D eigenvalue weighted by Crippen LogP contribution is 2.33. The molecule has 0 radical (unpaired) electrons. The molecule has 0 saturated heterocycles. The summed E-state index contributed by atoms with van der Waals surface area (Å²) in [6, 6.07) is 23.8. The number of thiazole rings is 1. The first-order valence-electron chi connectivity index (χ1n) is 14.5. The molecule has 1 aromatic heterocycles. The van der Waals surface area contributed by atoms with Crippen molar-refractivity contribution in [2.75, 3.05) is 13.2 Å². The molecule has 226 valence electrons. The van der Waals surface area contributed by atoms with Crippen molar-refractivity contribution >= 4 is 45.7 Å². The number of nitrogens with two attached hydrogens (primary N) is 1. The summed E-state index contributed by atoms with van der Waals surface area (Å²) in [7, 11) is 0. The Kier molecular flexibility index (Phi) is 16.3. The van der Waals surface area contributed by atoms with Crippen LogP contribution >= 0.6 is 23.3 Å². The van der Waals surface area contributed by atoms with Crippen LogP contribution in [0.3, 0.4) is 0 Å². The van der Waals surface area contributed by atoms with Gasteiger partial charge in [-0.2, -0.15) is 0 Å². The molecule has 4 aromatic rings. The van der Waals surface area contributed by atoms with E-state index in [-0.39, 0.29) is 11.9 Å². The maximum absolute atomic E-state index is 10.4. The topological polar surface area (TPSA) is 113 Å². The molecule has 0 aliphatic heterocycles. The first-order valence-corrected chi connectivity index (χ1v) is 16.1. The third kappa shape index (κ3) is 12.2. The van der Waals surface area contributed by atoms with Gasteiger partial charge in [-0.1, -0.05) is 77.4 Å². The van der Waals surface area contributed by atoms with Crippen molar-refractivity contribution in [3.8, 4) is 5.75 Å². The molecule has 0 bridgehead atoms. The van der Waals surface area contributed by atoms with E-state index in [4.69, 9.17) is 20.9 Å². The maximum Gasteiger partial charge on any atom is 0.207 e. The molecule has 0 aliphatic carbocycles. The van der Waals surface area contributed by atoms with E-state index >= 15 is 0 Å². The largest absolute Gasteiger partial charge is 0.493 e. The molecule has 9 heteroatoms. The fraction of sp³-hybridized carbons (Fsp3) is 0.364.